The van der Waals surface area contributed by atoms with Crippen molar-refractivity contribution in [2.45, 2.75) is 25.5 Å². The average molecular weight is 542 g/mol. The summed E-state index contributed by atoms with van der Waals surface area (Å²) in [4.78, 5) is 23.6. The number of aryl methyl sites for hydroxylation is 2. The van der Waals surface area contributed by atoms with Crippen molar-refractivity contribution >= 4 is 45.0 Å². The van der Waals surface area contributed by atoms with Gasteiger partial charge in [-0.15, -0.1) is 10.2 Å². The molecule has 1 amide bonds. The number of nitro groups is 1. The van der Waals surface area contributed by atoms with E-state index in [0.29, 0.717) is 28.0 Å². The van der Waals surface area contributed by atoms with Gasteiger partial charge in [0.05, 0.1) is 17.2 Å². The molecular formula is C23H20BrN5O4S. The summed E-state index contributed by atoms with van der Waals surface area (Å²) in [6.07, 6.45) is 0. The zero-order valence-corrected chi connectivity index (χ0v) is 20.7. The summed E-state index contributed by atoms with van der Waals surface area (Å²) in [7, 11) is 0. The Morgan fingerprint density at radius 2 is 1.88 bits per heavy atom. The Morgan fingerprint density at radius 1 is 1.15 bits per heavy atom. The predicted molar refractivity (Wildman–Crippen MR) is 133 cm³/mol. The quantitative estimate of drug-likeness (QED) is 0.175. The molecule has 34 heavy (non-hydrogen) atoms. The van der Waals surface area contributed by atoms with Gasteiger partial charge in [0.1, 0.15) is 5.69 Å². The highest BCUT2D eigenvalue weighted by Gasteiger charge is 2.21. The fraction of sp³-hybridized carbons (Fsp3) is 0.174. The molecule has 0 aliphatic heterocycles. The number of nitrogens with zero attached hydrogens (tertiary/aromatic N) is 4. The van der Waals surface area contributed by atoms with Crippen LogP contribution in [0.5, 0.6) is 0 Å². The third-order valence-electron chi connectivity index (χ3n) is 5.11. The Hall–Kier alpha value is -3.44. The number of hydrogen-bond donors (Lipinski definition) is 1. The maximum Gasteiger partial charge on any atom is 0.293 e. The van der Waals surface area contributed by atoms with Gasteiger partial charge in [-0.05, 0) is 64.7 Å². The highest BCUT2D eigenvalue weighted by molar-refractivity contribution is 9.10. The van der Waals surface area contributed by atoms with Gasteiger partial charge in [-0.2, -0.15) is 0 Å². The lowest BCUT2D eigenvalue weighted by Gasteiger charge is -2.10. The van der Waals surface area contributed by atoms with Gasteiger partial charge in [-0.25, -0.2) is 0 Å². The number of benzene rings is 2. The van der Waals surface area contributed by atoms with Crippen molar-refractivity contribution in [2.75, 3.05) is 11.1 Å². The zero-order valence-electron chi connectivity index (χ0n) is 18.3. The molecule has 0 fully saturated rings. The lowest BCUT2D eigenvalue weighted by molar-refractivity contribution is -0.384. The van der Waals surface area contributed by atoms with Crippen LogP contribution in [-0.2, 0) is 11.3 Å². The molecule has 2 aromatic heterocycles. The van der Waals surface area contributed by atoms with Gasteiger partial charge in [-0.3, -0.25) is 19.5 Å². The summed E-state index contributed by atoms with van der Waals surface area (Å²) >= 11 is 4.50. The standard InChI is InChI=1S/C23H20BrN5O4S/c1-14-10-17(18(29(31)32)11-15(14)2)25-21(30)13-34-23-27-26-22(19-8-9-20(24)33-19)28(23)12-16-6-4-3-5-7-16/h3-11H,12-13H2,1-2H3,(H,25,30). The Labute approximate surface area is 207 Å². The molecule has 1 N–H and O–H groups in total. The number of halogens is 1. The summed E-state index contributed by atoms with van der Waals surface area (Å²) < 4.78 is 8.11. The van der Waals surface area contributed by atoms with Crippen LogP contribution in [0.4, 0.5) is 11.4 Å². The molecule has 11 heteroatoms. The van der Waals surface area contributed by atoms with E-state index in [2.05, 4.69) is 31.4 Å². The number of thioether (sulfide) groups is 1. The first-order valence-corrected chi connectivity index (χ1v) is 12.0. The molecule has 0 saturated carbocycles. The van der Waals surface area contributed by atoms with E-state index in [1.807, 2.05) is 41.8 Å². The van der Waals surface area contributed by atoms with E-state index >= 15 is 0 Å². The Bertz CT molecular complexity index is 1350. The van der Waals surface area contributed by atoms with Crippen molar-refractivity contribution in [3.63, 3.8) is 0 Å². The molecule has 2 heterocycles. The fourth-order valence-corrected chi connectivity index (χ4v) is 4.33. The monoisotopic (exact) mass is 541 g/mol. The molecule has 0 aliphatic rings. The molecule has 0 atom stereocenters. The molecule has 0 unspecified atom stereocenters. The van der Waals surface area contributed by atoms with Crippen LogP contribution in [-0.4, -0.2) is 31.3 Å². The minimum absolute atomic E-state index is 0.00114. The number of nitro benzene ring substituents is 1. The number of nitrogens with one attached hydrogen (secondary N) is 1. The van der Waals surface area contributed by atoms with Gasteiger partial charge in [-0.1, -0.05) is 42.1 Å². The number of furan rings is 1. The molecule has 0 radical (unpaired) electrons. The fourth-order valence-electron chi connectivity index (χ4n) is 3.29. The van der Waals surface area contributed by atoms with Crippen LogP contribution in [0.1, 0.15) is 16.7 Å². The average Bonchev–Trinajstić information content (AvgIpc) is 3.41. The number of aromatic nitrogens is 3. The molecule has 2 aromatic carbocycles. The van der Waals surface area contributed by atoms with Crippen LogP contribution in [0.3, 0.4) is 0 Å². The maximum absolute atomic E-state index is 12.7. The van der Waals surface area contributed by atoms with Crippen LogP contribution >= 0.6 is 27.7 Å². The molecule has 4 aromatic rings. The normalized spacial score (nSPS) is 10.9. The van der Waals surface area contributed by atoms with Gasteiger partial charge in [0.2, 0.25) is 11.7 Å². The predicted octanol–water partition coefficient (Wildman–Crippen LogP) is 5.60. The first-order valence-electron chi connectivity index (χ1n) is 10.2. The van der Waals surface area contributed by atoms with E-state index in [0.717, 1.165) is 16.7 Å². The molecule has 0 spiro atoms. The first kappa shape index (κ1) is 23.7. The molecule has 9 nitrogen and oxygen atoms in total. The number of carbonyl (C=O) groups is 1. The van der Waals surface area contributed by atoms with Crippen LogP contribution in [0.2, 0.25) is 0 Å². The highest BCUT2D eigenvalue weighted by atomic mass is 79.9. The molecule has 174 valence electrons. The van der Waals surface area contributed by atoms with E-state index in [1.165, 1.54) is 17.8 Å². The third-order valence-corrected chi connectivity index (χ3v) is 6.50. The van der Waals surface area contributed by atoms with Crippen molar-refractivity contribution in [2.24, 2.45) is 0 Å². The first-order chi connectivity index (χ1) is 16.3. The second-order valence-electron chi connectivity index (χ2n) is 7.53. The maximum atomic E-state index is 12.7. The van der Waals surface area contributed by atoms with Gasteiger partial charge < -0.3 is 9.73 Å². The summed E-state index contributed by atoms with van der Waals surface area (Å²) in [6.45, 7) is 4.11. The van der Waals surface area contributed by atoms with Crippen molar-refractivity contribution in [3.05, 3.63) is 86.1 Å². The van der Waals surface area contributed by atoms with Gasteiger partial charge in [0.25, 0.3) is 5.69 Å². The molecule has 0 aliphatic carbocycles. The lowest BCUT2D eigenvalue weighted by Crippen LogP contribution is -2.16. The van der Waals surface area contributed by atoms with Crippen LogP contribution in [0.15, 0.2) is 68.8 Å². The number of carbonyl (C=O) groups excluding carboxylic acids is 1. The lowest BCUT2D eigenvalue weighted by atomic mass is 10.1. The second-order valence-corrected chi connectivity index (χ2v) is 9.25. The number of rotatable bonds is 8. The molecule has 4 rings (SSSR count). The minimum atomic E-state index is -0.501. The minimum Gasteiger partial charge on any atom is -0.446 e. The van der Waals surface area contributed by atoms with E-state index in [-0.39, 0.29) is 23.0 Å². The molecule has 0 saturated heterocycles. The van der Waals surface area contributed by atoms with Gasteiger partial charge in [0.15, 0.2) is 15.6 Å². The molecular weight excluding hydrogens is 522 g/mol. The van der Waals surface area contributed by atoms with Crippen molar-refractivity contribution in [3.8, 4) is 11.6 Å². The van der Waals surface area contributed by atoms with E-state index < -0.39 is 4.92 Å². The Balaban J connectivity index is 1.55. The van der Waals surface area contributed by atoms with E-state index in [4.69, 9.17) is 4.42 Å². The topological polar surface area (TPSA) is 116 Å². The summed E-state index contributed by atoms with van der Waals surface area (Å²) in [5.74, 6) is 0.686. The van der Waals surface area contributed by atoms with Crippen molar-refractivity contribution < 1.29 is 14.1 Å². The van der Waals surface area contributed by atoms with Crippen LogP contribution in [0, 0.1) is 24.0 Å². The van der Waals surface area contributed by atoms with E-state index in [1.54, 1.807) is 25.1 Å². The Kier molecular flexibility index (Phi) is 7.13. The summed E-state index contributed by atoms with van der Waals surface area (Å²) in [6, 6.07) is 16.4. The number of hydrogen-bond acceptors (Lipinski definition) is 7. The van der Waals surface area contributed by atoms with E-state index in [9.17, 15) is 14.9 Å². The van der Waals surface area contributed by atoms with Crippen molar-refractivity contribution in [1.82, 2.24) is 14.8 Å². The van der Waals surface area contributed by atoms with Crippen LogP contribution in [0.25, 0.3) is 11.6 Å². The number of amides is 1. The SMILES string of the molecule is Cc1cc(NC(=O)CSc2nnc(-c3ccc(Br)o3)n2Cc2ccccc2)c([N+](=O)[O-])cc1C. The van der Waals surface area contributed by atoms with Crippen molar-refractivity contribution in [1.29, 1.82) is 0 Å². The third kappa shape index (κ3) is 5.37. The van der Waals surface area contributed by atoms with Crippen LogP contribution < -0.4 is 5.32 Å². The number of anilines is 1. The Morgan fingerprint density at radius 3 is 2.56 bits per heavy atom. The zero-order chi connectivity index (χ0) is 24.2. The van der Waals surface area contributed by atoms with Gasteiger partial charge >= 0.3 is 0 Å². The van der Waals surface area contributed by atoms with Gasteiger partial charge in [0, 0.05) is 6.07 Å². The molecule has 0 bridgehead atoms. The largest absolute Gasteiger partial charge is 0.446 e. The summed E-state index contributed by atoms with van der Waals surface area (Å²) in [5, 5.41) is 23.1. The second kappa shape index (κ2) is 10.2. The smallest absolute Gasteiger partial charge is 0.293 e. The highest BCUT2D eigenvalue weighted by Crippen LogP contribution is 2.30. The summed E-state index contributed by atoms with van der Waals surface area (Å²) in [5.41, 5.74) is 2.70.